The Bertz CT molecular complexity index is 666. The fourth-order valence-corrected chi connectivity index (χ4v) is 3.96. The second-order valence-electron chi connectivity index (χ2n) is 10.1. The molecule has 0 aromatic heterocycles. The van der Waals surface area contributed by atoms with Gasteiger partial charge in [-0.3, -0.25) is 14.5 Å². The van der Waals surface area contributed by atoms with E-state index in [9.17, 15) is 14.4 Å². The van der Waals surface area contributed by atoms with Crippen molar-refractivity contribution in [2.45, 2.75) is 85.9 Å². The van der Waals surface area contributed by atoms with E-state index in [-0.39, 0.29) is 35.8 Å². The van der Waals surface area contributed by atoms with Crippen LogP contribution >= 0.6 is 0 Å². The smallest absolute Gasteiger partial charge is 0.333 e. The van der Waals surface area contributed by atoms with E-state index in [1.165, 1.54) is 0 Å². The highest BCUT2D eigenvalue weighted by molar-refractivity contribution is 5.91. The SMILES string of the molecule is CCOC(=O)/C(C)=C/[C@H](C(C)C)N(C)C(=O)[C@@H](NC(=O)[C@H]1CCCCN1C)C(C)(C)C. The molecule has 0 aliphatic carbocycles. The molecule has 1 saturated heterocycles. The Labute approximate surface area is 188 Å². The van der Waals surface area contributed by atoms with Crippen molar-refractivity contribution in [1.29, 1.82) is 0 Å². The number of ether oxygens (including phenoxy) is 1. The topological polar surface area (TPSA) is 79.0 Å². The summed E-state index contributed by atoms with van der Waals surface area (Å²) in [7, 11) is 3.70. The van der Waals surface area contributed by atoms with Crippen molar-refractivity contribution in [3.63, 3.8) is 0 Å². The van der Waals surface area contributed by atoms with Gasteiger partial charge in [0.1, 0.15) is 6.04 Å². The summed E-state index contributed by atoms with van der Waals surface area (Å²) in [4.78, 5) is 42.4. The van der Waals surface area contributed by atoms with Gasteiger partial charge in [-0.25, -0.2) is 4.79 Å². The van der Waals surface area contributed by atoms with E-state index in [1.54, 1.807) is 31.9 Å². The van der Waals surface area contributed by atoms with Crippen LogP contribution in [0, 0.1) is 11.3 Å². The van der Waals surface area contributed by atoms with Gasteiger partial charge in [0.05, 0.1) is 18.7 Å². The third-order valence-electron chi connectivity index (χ3n) is 5.97. The third-order valence-corrected chi connectivity index (χ3v) is 5.97. The van der Waals surface area contributed by atoms with Crippen molar-refractivity contribution < 1.29 is 19.1 Å². The van der Waals surface area contributed by atoms with E-state index in [1.807, 2.05) is 41.7 Å². The number of carbonyl (C=O) groups excluding carboxylic acids is 3. The molecular weight excluding hydrogens is 394 g/mol. The van der Waals surface area contributed by atoms with Crippen molar-refractivity contribution in [2.24, 2.45) is 11.3 Å². The summed E-state index contributed by atoms with van der Waals surface area (Å²) in [6, 6.07) is -1.17. The van der Waals surface area contributed by atoms with E-state index < -0.39 is 11.5 Å². The second-order valence-corrected chi connectivity index (χ2v) is 10.1. The molecule has 2 amide bonds. The van der Waals surface area contributed by atoms with Crippen LogP contribution in [0.15, 0.2) is 11.6 Å². The molecule has 0 unspecified atom stereocenters. The average Bonchev–Trinajstić information content (AvgIpc) is 2.68. The number of hydrogen-bond donors (Lipinski definition) is 1. The predicted octanol–water partition coefficient (Wildman–Crippen LogP) is 2.99. The van der Waals surface area contributed by atoms with Crippen molar-refractivity contribution >= 4 is 17.8 Å². The molecule has 0 aromatic rings. The normalized spacial score (nSPS) is 20.2. The molecule has 7 heteroatoms. The van der Waals surface area contributed by atoms with Gasteiger partial charge in [0, 0.05) is 12.6 Å². The number of hydrogen-bond acceptors (Lipinski definition) is 5. The summed E-state index contributed by atoms with van der Waals surface area (Å²) in [5, 5.41) is 3.04. The summed E-state index contributed by atoms with van der Waals surface area (Å²) in [5.74, 6) is -0.553. The first kappa shape index (κ1) is 27.1. The fraction of sp³-hybridized carbons (Fsp3) is 0.792. The number of piperidine rings is 1. The van der Waals surface area contributed by atoms with Crippen molar-refractivity contribution in [3.8, 4) is 0 Å². The quantitative estimate of drug-likeness (QED) is 0.466. The van der Waals surface area contributed by atoms with Gasteiger partial charge in [-0.15, -0.1) is 0 Å². The third kappa shape index (κ3) is 7.63. The van der Waals surface area contributed by atoms with E-state index >= 15 is 0 Å². The highest BCUT2D eigenvalue weighted by Crippen LogP contribution is 2.25. The monoisotopic (exact) mass is 437 g/mol. The largest absolute Gasteiger partial charge is 0.463 e. The number of likely N-dealkylation sites (tertiary alicyclic amines) is 1. The molecule has 1 heterocycles. The number of esters is 1. The van der Waals surface area contributed by atoms with Crippen LogP contribution in [0.4, 0.5) is 0 Å². The van der Waals surface area contributed by atoms with Gasteiger partial charge < -0.3 is 15.0 Å². The van der Waals surface area contributed by atoms with Gasteiger partial charge in [-0.2, -0.15) is 0 Å². The molecule has 0 radical (unpaired) electrons. The van der Waals surface area contributed by atoms with Crippen molar-refractivity contribution in [2.75, 3.05) is 27.2 Å². The number of nitrogens with one attached hydrogen (secondary N) is 1. The first-order valence-corrected chi connectivity index (χ1v) is 11.4. The number of likely N-dealkylation sites (N-methyl/N-ethyl adjacent to an activating group) is 2. The molecule has 7 nitrogen and oxygen atoms in total. The molecule has 0 bridgehead atoms. The molecule has 0 aromatic carbocycles. The zero-order chi connectivity index (χ0) is 23.9. The van der Waals surface area contributed by atoms with Crippen LogP contribution in [0.3, 0.4) is 0 Å². The maximum Gasteiger partial charge on any atom is 0.333 e. The molecule has 1 N–H and O–H groups in total. The molecule has 0 spiro atoms. The lowest BCUT2D eigenvalue weighted by Crippen LogP contribution is -2.59. The van der Waals surface area contributed by atoms with Crippen LogP contribution in [-0.4, -0.2) is 73.0 Å². The fourth-order valence-electron chi connectivity index (χ4n) is 3.96. The summed E-state index contributed by atoms with van der Waals surface area (Å²) in [6.45, 7) is 14.5. The predicted molar refractivity (Wildman–Crippen MR) is 123 cm³/mol. The minimum atomic E-state index is -0.669. The minimum absolute atomic E-state index is 0.0825. The van der Waals surface area contributed by atoms with Crippen LogP contribution in [0.25, 0.3) is 0 Å². The van der Waals surface area contributed by atoms with E-state index in [4.69, 9.17) is 4.74 Å². The molecule has 3 atom stereocenters. The zero-order valence-corrected chi connectivity index (χ0v) is 20.9. The van der Waals surface area contributed by atoms with Crippen LogP contribution in [0.5, 0.6) is 0 Å². The highest BCUT2D eigenvalue weighted by Gasteiger charge is 2.39. The lowest BCUT2D eigenvalue weighted by molar-refractivity contribution is -0.141. The summed E-state index contributed by atoms with van der Waals surface area (Å²) >= 11 is 0. The Morgan fingerprint density at radius 1 is 1.23 bits per heavy atom. The van der Waals surface area contributed by atoms with Gasteiger partial charge in [0.15, 0.2) is 0 Å². The molecule has 1 aliphatic rings. The summed E-state index contributed by atoms with van der Waals surface area (Å²) in [5.41, 5.74) is 0.00994. The molecule has 178 valence electrons. The summed E-state index contributed by atoms with van der Waals surface area (Å²) in [6.07, 6.45) is 4.70. The Hall–Kier alpha value is -1.89. The molecule has 0 saturated carbocycles. The van der Waals surface area contributed by atoms with Crippen LogP contribution < -0.4 is 5.32 Å². The van der Waals surface area contributed by atoms with Crippen LogP contribution in [0.2, 0.25) is 0 Å². The van der Waals surface area contributed by atoms with Crippen LogP contribution in [0.1, 0.15) is 67.7 Å². The van der Waals surface area contributed by atoms with E-state index in [0.29, 0.717) is 12.2 Å². The molecule has 31 heavy (non-hydrogen) atoms. The standard InChI is InChI=1S/C24H43N3O4/c1-10-31-23(30)17(4)15-19(16(2)3)27(9)22(29)20(24(5,6)7)25-21(28)18-13-11-12-14-26(18)8/h15-16,18-20H,10-14H2,1-9H3,(H,25,28)/b17-15+/t18-,19-,20-/m1/s1. The average molecular weight is 438 g/mol. The maximum atomic E-state index is 13.6. The minimum Gasteiger partial charge on any atom is -0.463 e. The van der Waals surface area contributed by atoms with Crippen LogP contribution in [-0.2, 0) is 19.1 Å². The highest BCUT2D eigenvalue weighted by atomic mass is 16.5. The maximum absolute atomic E-state index is 13.6. The molecule has 1 aliphatic heterocycles. The van der Waals surface area contributed by atoms with Gasteiger partial charge in [0.25, 0.3) is 0 Å². The number of carbonyl (C=O) groups is 3. The van der Waals surface area contributed by atoms with E-state index in [0.717, 1.165) is 25.8 Å². The molecule has 1 fully saturated rings. The van der Waals surface area contributed by atoms with Gasteiger partial charge in [0.2, 0.25) is 11.8 Å². The van der Waals surface area contributed by atoms with Crippen molar-refractivity contribution in [1.82, 2.24) is 15.1 Å². The van der Waals surface area contributed by atoms with Gasteiger partial charge in [-0.1, -0.05) is 47.1 Å². The Morgan fingerprint density at radius 2 is 1.84 bits per heavy atom. The second kappa shape index (κ2) is 11.7. The first-order valence-electron chi connectivity index (χ1n) is 11.4. The Balaban J connectivity index is 3.10. The lowest BCUT2D eigenvalue weighted by Gasteiger charge is -2.39. The Morgan fingerprint density at radius 3 is 2.32 bits per heavy atom. The first-order chi connectivity index (χ1) is 14.3. The van der Waals surface area contributed by atoms with Crippen molar-refractivity contribution in [3.05, 3.63) is 11.6 Å². The summed E-state index contributed by atoms with van der Waals surface area (Å²) < 4.78 is 5.08. The van der Waals surface area contributed by atoms with Gasteiger partial charge >= 0.3 is 5.97 Å². The number of rotatable bonds is 8. The van der Waals surface area contributed by atoms with E-state index in [2.05, 4.69) is 10.2 Å². The molecular formula is C24H43N3O4. The van der Waals surface area contributed by atoms with Gasteiger partial charge in [-0.05, 0) is 51.6 Å². The lowest BCUT2D eigenvalue weighted by atomic mass is 9.84. The molecule has 1 rings (SSSR count). The number of nitrogens with zero attached hydrogens (tertiary/aromatic N) is 2. The zero-order valence-electron chi connectivity index (χ0n) is 20.9. The Kier molecular flexibility index (Phi) is 10.2. The number of amides is 2.